The van der Waals surface area contributed by atoms with E-state index in [1.807, 2.05) is 0 Å². The number of rotatable bonds is 11. The van der Waals surface area contributed by atoms with Crippen molar-refractivity contribution in [2.45, 2.75) is 68.4 Å². The third kappa shape index (κ3) is 6.10. The van der Waals surface area contributed by atoms with Gasteiger partial charge in [0.1, 0.15) is 0 Å². The van der Waals surface area contributed by atoms with Crippen LogP contribution in [0.5, 0.6) is 0 Å². The Hall–Kier alpha value is -3.46. The molecule has 2 unspecified atom stereocenters. The zero-order valence-electron chi connectivity index (χ0n) is 24.3. The molecule has 0 bridgehead atoms. The van der Waals surface area contributed by atoms with Gasteiger partial charge in [0.05, 0.1) is 0 Å². The first-order valence-corrected chi connectivity index (χ1v) is 15.7. The van der Waals surface area contributed by atoms with Crippen molar-refractivity contribution >= 4 is 6.08 Å². The monoisotopic (exact) mass is 540 g/mol. The summed E-state index contributed by atoms with van der Waals surface area (Å²) in [6.07, 6.45) is 13.3. The maximum Gasteiger partial charge on any atom is 0.0437 e. The predicted octanol–water partition coefficient (Wildman–Crippen LogP) is 8.65. The molecule has 1 spiro atoms. The summed E-state index contributed by atoms with van der Waals surface area (Å²) in [7, 11) is 0. The first-order valence-electron chi connectivity index (χ1n) is 15.7. The Balaban J connectivity index is 1.27. The van der Waals surface area contributed by atoms with E-state index >= 15 is 0 Å². The first-order chi connectivity index (χ1) is 20.3. The van der Waals surface area contributed by atoms with Crippen LogP contribution < -0.4 is 10.6 Å². The third-order valence-corrected chi connectivity index (χ3v) is 9.67. The molecule has 1 saturated heterocycles. The second kappa shape index (κ2) is 13.0. The Morgan fingerprint density at radius 2 is 1.39 bits per heavy atom. The number of benzene rings is 4. The number of fused-ring (bicyclic) bond motifs is 1. The molecule has 1 aliphatic carbocycles. The molecule has 1 heterocycles. The zero-order chi connectivity index (χ0) is 27.8. The fraction of sp³-hybridized carbons (Fsp3) is 0.333. The maximum absolute atomic E-state index is 4.00. The fourth-order valence-corrected chi connectivity index (χ4v) is 7.54. The Labute approximate surface area is 246 Å². The van der Waals surface area contributed by atoms with Gasteiger partial charge in [-0.1, -0.05) is 140 Å². The smallest absolute Gasteiger partial charge is 0.0437 e. The van der Waals surface area contributed by atoms with Gasteiger partial charge in [0, 0.05) is 23.4 Å². The molecule has 2 nitrogen and oxygen atoms in total. The van der Waals surface area contributed by atoms with Crippen molar-refractivity contribution in [1.82, 2.24) is 10.6 Å². The second-order valence-corrected chi connectivity index (χ2v) is 12.1. The summed E-state index contributed by atoms with van der Waals surface area (Å²) in [5.41, 5.74) is 7.18. The molecule has 6 rings (SSSR count). The largest absolute Gasteiger partial charge is 0.313 e. The summed E-state index contributed by atoms with van der Waals surface area (Å²) in [6.45, 7) is 2.99. The van der Waals surface area contributed by atoms with Crippen molar-refractivity contribution in [1.29, 1.82) is 0 Å². The van der Waals surface area contributed by atoms with Gasteiger partial charge in [-0.05, 0) is 73.0 Å². The van der Waals surface area contributed by atoms with Crippen LogP contribution in [0, 0.1) is 0 Å². The topological polar surface area (TPSA) is 24.1 Å². The van der Waals surface area contributed by atoms with Crippen molar-refractivity contribution in [2.24, 2.45) is 0 Å². The lowest BCUT2D eigenvalue weighted by Crippen LogP contribution is -2.52. The van der Waals surface area contributed by atoms with Crippen LogP contribution in [0.15, 0.2) is 121 Å². The summed E-state index contributed by atoms with van der Waals surface area (Å²) < 4.78 is 0. The highest BCUT2D eigenvalue weighted by Gasteiger charge is 2.41. The van der Waals surface area contributed by atoms with Crippen LogP contribution in [0.3, 0.4) is 0 Å². The minimum atomic E-state index is -0.0383. The quantitative estimate of drug-likeness (QED) is 0.186. The van der Waals surface area contributed by atoms with Gasteiger partial charge in [0.25, 0.3) is 0 Å². The van der Waals surface area contributed by atoms with Gasteiger partial charge in [-0.2, -0.15) is 0 Å². The molecule has 210 valence electrons. The van der Waals surface area contributed by atoms with Gasteiger partial charge >= 0.3 is 0 Å². The highest BCUT2D eigenvalue weighted by molar-refractivity contribution is 5.61. The van der Waals surface area contributed by atoms with E-state index in [-0.39, 0.29) is 11.0 Å². The number of nitrogens with one attached hydrogen (secondary N) is 2. The van der Waals surface area contributed by atoms with E-state index in [1.54, 1.807) is 0 Å². The molecule has 2 aliphatic rings. The second-order valence-electron chi connectivity index (χ2n) is 12.1. The Bertz CT molecular complexity index is 1350. The summed E-state index contributed by atoms with van der Waals surface area (Å²) in [5, 5.41) is 7.77. The molecule has 4 aromatic carbocycles. The maximum atomic E-state index is 4.00. The van der Waals surface area contributed by atoms with Crippen molar-refractivity contribution in [2.75, 3.05) is 13.1 Å². The normalized spacial score (nSPS) is 20.1. The van der Waals surface area contributed by atoms with E-state index < -0.39 is 0 Å². The van der Waals surface area contributed by atoms with E-state index in [9.17, 15) is 0 Å². The van der Waals surface area contributed by atoms with E-state index in [0.29, 0.717) is 5.92 Å². The molecule has 1 fully saturated rings. The minimum Gasteiger partial charge on any atom is -0.313 e. The van der Waals surface area contributed by atoms with E-state index in [2.05, 4.69) is 138 Å². The number of piperidine rings is 1. The van der Waals surface area contributed by atoms with Crippen LogP contribution in [0.1, 0.15) is 78.7 Å². The van der Waals surface area contributed by atoms with E-state index in [1.165, 1.54) is 59.9 Å². The summed E-state index contributed by atoms with van der Waals surface area (Å²) in [6, 6.07) is 42.4. The fourth-order valence-electron chi connectivity index (χ4n) is 7.54. The van der Waals surface area contributed by atoms with Gasteiger partial charge in [-0.15, -0.1) is 0 Å². The minimum absolute atomic E-state index is 0.0383. The van der Waals surface area contributed by atoms with Crippen molar-refractivity contribution in [3.8, 4) is 0 Å². The molecule has 4 aromatic rings. The van der Waals surface area contributed by atoms with Gasteiger partial charge in [0.15, 0.2) is 0 Å². The molecule has 41 heavy (non-hydrogen) atoms. The average Bonchev–Trinajstić information content (AvgIpc) is 3.05. The Kier molecular flexibility index (Phi) is 8.80. The lowest BCUT2D eigenvalue weighted by atomic mass is 9.65. The van der Waals surface area contributed by atoms with Crippen LogP contribution in [0.25, 0.3) is 6.08 Å². The van der Waals surface area contributed by atoms with Crippen LogP contribution in [0.2, 0.25) is 0 Å². The summed E-state index contributed by atoms with van der Waals surface area (Å²) in [4.78, 5) is 0. The molecular weight excluding hydrogens is 496 g/mol. The molecule has 1 aliphatic heterocycles. The highest BCUT2D eigenvalue weighted by Crippen LogP contribution is 2.46. The predicted molar refractivity (Wildman–Crippen MR) is 173 cm³/mol. The Morgan fingerprint density at radius 3 is 2.07 bits per heavy atom. The van der Waals surface area contributed by atoms with Crippen LogP contribution in [-0.2, 0) is 12.0 Å². The van der Waals surface area contributed by atoms with Crippen LogP contribution in [-0.4, -0.2) is 18.6 Å². The van der Waals surface area contributed by atoms with Crippen LogP contribution >= 0.6 is 0 Å². The number of hydrogen-bond acceptors (Lipinski definition) is 2. The molecule has 0 amide bonds. The van der Waals surface area contributed by atoms with Crippen LogP contribution in [0.4, 0.5) is 0 Å². The molecule has 2 N–H and O–H groups in total. The van der Waals surface area contributed by atoms with Gasteiger partial charge in [-0.25, -0.2) is 0 Å². The van der Waals surface area contributed by atoms with Crippen molar-refractivity contribution in [3.63, 3.8) is 0 Å². The van der Waals surface area contributed by atoms with Crippen molar-refractivity contribution in [3.05, 3.63) is 149 Å². The SMILES string of the molecule is C1=CC2(CCCCN2)C(CCCC(CCNCc2ccccc2)(c2ccccc2)c2ccccc2)c2ccccc21. The van der Waals surface area contributed by atoms with Gasteiger partial charge in [0.2, 0.25) is 0 Å². The highest BCUT2D eigenvalue weighted by atomic mass is 15.0. The third-order valence-electron chi connectivity index (χ3n) is 9.67. The zero-order valence-corrected chi connectivity index (χ0v) is 24.3. The summed E-state index contributed by atoms with van der Waals surface area (Å²) in [5.74, 6) is 0.504. The van der Waals surface area contributed by atoms with E-state index in [4.69, 9.17) is 0 Å². The molecular formula is C39H44N2. The van der Waals surface area contributed by atoms with E-state index in [0.717, 1.165) is 32.5 Å². The summed E-state index contributed by atoms with van der Waals surface area (Å²) >= 11 is 0. The van der Waals surface area contributed by atoms with Gasteiger partial charge in [-0.3, -0.25) is 0 Å². The average molecular weight is 541 g/mol. The molecule has 0 aromatic heterocycles. The standard InChI is InChI=1S/C39H44N2/c1-4-15-32(16-5-1)31-40-30-28-38(34-18-6-2-7-19-34,35-20-8-3-9-21-35)25-14-23-37-36-22-11-10-17-33(36)24-27-39(37)26-12-13-29-41-39/h1-11,15-22,24,27,37,40-41H,12-14,23,25-26,28-31H2. The lowest BCUT2D eigenvalue weighted by molar-refractivity contribution is 0.246. The Morgan fingerprint density at radius 1 is 0.732 bits per heavy atom. The number of hydrogen-bond donors (Lipinski definition) is 2. The molecule has 0 radical (unpaired) electrons. The lowest BCUT2D eigenvalue weighted by Gasteiger charge is -2.46. The molecule has 0 saturated carbocycles. The first kappa shape index (κ1) is 27.7. The molecule has 2 atom stereocenters. The van der Waals surface area contributed by atoms with Crippen molar-refractivity contribution < 1.29 is 0 Å². The molecule has 2 heteroatoms. The van der Waals surface area contributed by atoms with Gasteiger partial charge < -0.3 is 10.6 Å².